The fourth-order valence-corrected chi connectivity index (χ4v) is 10.7. The van der Waals surface area contributed by atoms with Crippen LogP contribution >= 0.6 is 11.8 Å². The first-order chi connectivity index (χ1) is 40.3. The van der Waals surface area contributed by atoms with Crippen LogP contribution < -0.4 is 0 Å². The molecular formula is C68H64O13S. The van der Waals surface area contributed by atoms with Gasteiger partial charge < -0.3 is 47.4 Å². The molecule has 0 unspecified atom stereocenters. The van der Waals surface area contributed by atoms with Crippen LogP contribution in [0.25, 0.3) is 0 Å². The first-order valence-corrected chi connectivity index (χ1v) is 28.2. The molecule has 10 atom stereocenters. The van der Waals surface area contributed by atoms with E-state index in [0.29, 0.717) is 5.56 Å². The highest BCUT2D eigenvalue weighted by atomic mass is 32.2. The van der Waals surface area contributed by atoms with Crippen molar-refractivity contribution in [3.8, 4) is 0 Å². The van der Waals surface area contributed by atoms with Crippen LogP contribution in [0, 0.1) is 6.92 Å². The van der Waals surface area contributed by atoms with Crippen LogP contribution in [0.3, 0.4) is 0 Å². The fraction of sp³-hybridized carbons (Fsp3) is 0.250. The standard InChI is InChI=1S/C68H64O13S/c1-47-37-39-55(40-38-47)82-68-63(80-66(71)54-35-21-8-22-36-54)61(79-65(70)53-33-19-7-20-34-53)59(57(78-68)46-76-64(69)52-31-17-6-18-32-52)81-67-62(75-44-51-29-15-5-16-30-51)60(74-43-50-27-13-4-14-28-50)58(73-42-49-25-11-3-12-26-49)56(77-67)45-72-41-48-23-9-2-10-24-48/h2-40,56-63,67-68H,41-46H2,1H3/t56-,57-,58+,59-,60+,61+,62-,63-,67-,68+/m1/s1. The number of thioether (sulfide) groups is 1. The molecule has 2 aliphatic rings. The molecule has 0 aromatic heterocycles. The van der Waals surface area contributed by atoms with Crippen molar-refractivity contribution >= 4 is 29.7 Å². The van der Waals surface area contributed by atoms with Crippen LogP contribution in [-0.2, 0) is 73.8 Å². The molecule has 420 valence electrons. The molecule has 82 heavy (non-hydrogen) atoms. The van der Waals surface area contributed by atoms with E-state index in [4.69, 9.17) is 47.4 Å². The maximum absolute atomic E-state index is 14.8. The van der Waals surface area contributed by atoms with Crippen molar-refractivity contribution in [2.24, 2.45) is 0 Å². The molecule has 0 N–H and O–H groups in total. The van der Waals surface area contributed by atoms with Crippen molar-refractivity contribution in [1.82, 2.24) is 0 Å². The molecule has 2 aliphatic heterocycles. The highest BCUT2D eigenvalue weighted by molar-refractivity contribution is 7.99. The molecule has 8 aromatic carbocycles. The van der Waals surface area contributed by atoms with Crippen LogP contribution in [0.15, 0.2) is 241 Å². The summed E-state index contributed by atoms with van der Waals surface area (Å²) < 4.78 is 68.7. The van der Waals surface area contributed by atoms with Crippen molar-refractivity contribution in [1.29, 1.82) is 0 Å². The lowest BCUT2D eigenvalue weighted by molar-refractivity contribution is -0.355. The Morgan fingerprint density at radius 2 is 0.793 bits per heavy atom. The summed E-state index contributed by atoms with van der Waals surface area (Å²) in [5, 5.41) is 0. The second kappa shape index (κ2) is 29.3. The molecule has 0 radical (unpaired) electrons. The van der Waals surface area contributed by atoms with Crippen molar-refractivity contribution < 1.29 is 61.8 Å². The molecule has 0 aliphatic carbocycles. The summed E-state index contributed by atoms with van der Waals surface area (Å²) in [6, 6.07) is 72.4. The van der Waals surface area contributed by atoms with E-state index in [9.17, 15) is 14.4 Å². The Hall–Kier alpha value is -7.76. The third-order valence-electron chi connectivity index (χ3n) is 13.9. The van der Waals surface area contributed by atoms with Gasteiger partial charge in [0.1, 0.15) is 48.7 Å². The molecule has 2 fully saturated rings. The summed E-state index contributed by atoms with van der Waals surface area (Å²) in [6.07, 6.45) is -10.6. The summed E-state index contributed by atoms with van der Waals surface area (Å²) >= 11 is 1.25. The highest BCUT2D eigenvalue weighted by Gasteiger charge is 2.56. The summed E-state index contributed by atoms with van der Waals surface area (Å²) in [5.74, 6) is -2.09. The lowest BCUT2D eigenvalue weighted by Crippen LogP contribution is -2.66. The summed E-state index contributed by atoms with van der Waals surface area (Å²) in [7, 11) is 0. The zero-order valence-corrected chi connectivity index (χ0v) is 46.1. The van der Waals surface area contributed by atoms with Crippen LogP contribution in [0.4, 0.5) is 0 Å². The van der Waals surface area contributed by atoms with E-state index in [0.717, 1.165) is 32.7 Å². The van der Waals surface area contributed by atoms with E-state index in [1.807, 2.05) is 153 Å². The molecule has 14 heteroatoms. The number of rotatable bonds is 24. The summed E-state index contributed by atoms with van der Waals surface area (Å²) in [6.45, 7) is 2.23. The maximum Gasteiger partial charge on any atom is 0.338 e. The van der Waals surface area contributed by atoms with Crippen molar-refractivity contribution in [2.75, 3.05) is 13.2 Å². The van der Waals surface area contributed by atoms with Crippen molar-refractivity contribution in [3.63, 3.8) is 0 Å². The van der Waals surface area contributed by atoms with Crippen LogP contribution in [0.5, 0.6) is 0 Å². The molecule has 13 nitrogen and oxygen atoms in total. The topological polar surface area (TPSA) is 144 Å². The summed E-state index contributed by atoms with van der Waals surface area (Å²) in [4.78, 5) is 44.0. The van der Waals surface area contributed by atoms with Crippen LogP contribution in [0.1, 0.15) is 58.9 Å². The number of hydrogen-bond donors (Lipinski definition) is 0. The third-order valence-corrected chi connectivity index (χ3v) is 15.0. The number of hydrogen-bond acceptors (Lipinski definition) is 14. The SMILES string of the molecule is Cc1ccc(S[C@@H]2O[C@H](COC(=O)c3ccccc3)[C@@H](O[C@H]3O[C@H](COCc4ccccc4)[C@H](OCc4ccccc4)[C@H](OCc4ccccc4)[C@H]3OCc3ccccc3)[C@H](OC(=O)c3ccccc3)[C@H]2OC(=O)c2ccccc2)cc1. The Kier molecular flexibility index (Phi) is 20.5. The molecule has 0 bridgehead atoms. The first-order valence-electron chi connectivity index (χ1n) is 27.3. The Morgan fingerprint density at radius 3 is 1.28 bits per heavy atom. The second-order valence-electron chi connectivity index (χ2n) is 19.8. The largest absolute Gasteiger partial charge is 0.459 e. The normalized spacial score (nSPS) is 22.4. The van der Waals surface area contributed by atoms with Crippen LogP contribution in [0.2, 0.25) is 0 Å². The first kappa shape index (κ1) is 57.5. The summed E-state index contributed by atoms with van der Waals surface area (Å²) in [5.41, 5.74) is 4.30. The van der Waals surface area contributed by atoms with Crippen molar-refractivity contribution in [3.05, 3.63) is 281 Å². The Bertz CT molecular complexity index is 3200. The minimum Gasteiger partial charge on any atom is -0.459 e. The predicted molar refractivity (Wildman–Crippen MR) is 308 cm³/mol. The van der Waals surface area contributed by atoms with Gasteiger partial charge in [0.25, 0.3) is 0 Å². The number of carbonyl (C=O) groups is 3. The van der Waals surface area contributed by atoms with Gasteiger partial charge in [0, 0.05) is 4.90 Å². The predicted octanol–water partition coefficient (Wildman–Crippen LogP) is 12.2. The van der Waals surface area contributed by atoms with E-state index >= 15 is 0 Å². The quantitative estimate of drug-likeness (QED) is 0.0418. The zero-order chi connectivity index (χ0) is 56.3. The molecule has 0 spiro atoms. The Balaban J connectivity index is 1.10. The molecule has 0 saturated carbocycles. The Labute approximate surface area is 482 Å². The minimum absolute atomic E-state index is 0.00307. The Morgan fingerprint density at radius 1 is 0.390 bits per heavy atom. The monoisotopic (exact) mass is 1120 g/mol. The van der Waals surface area contributed by atoms with Gasteiger partial charge in [-0.3, -0.25) is 0 Å². The van der Waals surface area contributed by atoms with E-state index in [-0.39, 0.29) is 44.2 Å². The number of benzene rings is 8. The zero-order valence-electron chi connectivity index (χ0n) is 45.2. The molecule has 2 saturated heterocycles. The fourth-order valence-electron chi connectivity index (χ4n) is 9.64. The highest BCUT2D eigenvalue weighted by Crippen LogP contribution is 2.41. The van der Waals surface area contributed by atoms with E-state index in [1.54, 1.807) is 91.0 Å². The lowest BCUT2D eigenvalue weighted by Gasteiger charge is -2.49. The molecule has 2 heterocycles. The molecule has 10 rings (SSSR count). The van der Waals surface area contributed by atoms with Gasteiger partial charge in [0.05, 0.1) is 49.7 Å². The van der Waals surface area contributed by atoms with E-state index in [2.05, 4.69) is 0 Å². The van der Waals surface area contributed by atoms with Gasteiger partial charge in [0.2, 0.25) is 0 Å². The van der Waals surface area contributed by atoms with Gasteiger partial charge in [-0.15, -0.1) is 0 Å². The van der Waals surface area contributed by atoms with Crippen molar-refractivity contribution in [2.45, 2.75) is 98.8 Å². The number of ether oxygens (including phenoxy) is 10. The van der Waals surface area contributed by atoms with E-state index in [1.165, 1.54) is 11.8 Å². The molecule has 0 amide bonds. The average molecular weight is 1120 g/mol. The number of carbonyl (C=O) groups excluding carboxylic acids is 3. The second-order valence-corrected chi connectivity index (χ2v) is 21.0. The average Bonchev–Trinajstić information content (AvgIpc) is 3.62. The number of esters is 3. The molecule has 8 aromatic rings. The van der Waals surface area contributed by atoms with E-state index < -0.39 is 85.1 Å². The third kappa shape index (κ3) is 15.8. The van der Waals surface area contributed by atoms with Gasteiger partial charge >= 0.3 is 17.9 Å². The van der Waals surface area contributed by atoms with Gasteiger partial charge in [-0.2, -0.15) is 0 Å². The van der Waals surface area contributed by atoms with Gasteiger partial charge in [-0.1, -0.05) is 205 Å². The van der Waals surface area contributed by atoms with Gasteiger partial charge in [0.15, 0.2) is 18.5 Å². The van der Waals surface area contributed by atoms with Gasteiger partial charge in [-0.25, -0.2) is 14.4 Å². The lowest BCUT2D eigenvalue weighted by atomic mass is 9.96. The number of aryl methyl sites for hydroxylation is 1. The maximum atomic E-state index is 14.8. The van der Waals surface area contributed by atoms with Crippen LogP contribution in [-0.4, -0.2) is 91.7 Å². The molecular weight excluding hydrogens is 1060 g/mol. The minimum atomic E-state index is -1.47. The van der Waals surface area contributed by atoms with Gasteiger partial charge in [-0.05, 0) is 77.7 Å². The smallest absolute Gasteiger partial charge is 0.338 e.